The van der Waals surface area contributed by atoms with Gasteiger partial charge in [0.1, 0.15) is 5.65 Å². The van der Waals surface area contributed by atoms with Crippen LogP contribution in [0.1, 0.15) is 18.9 Å². The number of urea groups is 1. The standard InChI is InChI=1S/C19H21BrN4O/c1-2-11-24-13-14(17-7-4-9-21-18(17)24)8-10-22-19(25)23-16-6-3-5-15(20)12-16/h3-7,9,12-13H,2,8,10-11H2,1H3,(H2,22,23,25). The number of carbonyl (C=O) groups is 1. The zero-order chi connectivity index (χ0) is 17.6. The molecule has 3 aromatic rings. The molecule has 6 heteroatoms. The predicted octanol–water partition coefficient (Wildman–Crippen LogP) is 4.57. The topological polar surface area (TPSA) is 59.0 Å². The minimum atomic E-state index is -0.200. The van der Waals surface area contributed by atoms with Crippen molar-refractivity contribution in [3.05, 3.63) is 58.8 Å². The first-order chi connectivity index (χ1) is 12.2. The first kappa shape index (κ1) is 17.5. The summed E-state index contributed by atoms with van der Waals surface area (Å²) in [5.41, 5.74) is 2.98. The predicted molar refractivity (Wildman–Crippen MR) is 105 cm³/mol. The number of aromatic nitrogens is 2. The smallest absolute Gasteiger partial charge is 0.319 e. The number of hydrogen-bond donors (Lipinski definition) is 2. The molecule has 25 heavy (non-hydrogen) atoms. The number of benzene rings is 1. The third-order valence-corrected chi connectivity index (χ3v) is 4.44. The van der Waals surface area contributed by atoms with E-state index >= 15 is 0 Å². The van der Waals surface area contributed by atoms with Crippen LogP contribution in [0.3, 0.4) is 0 Å². The van der Waals surface area contributed by atoms with Gasteiger partial charge in [0, 0.05) is 41.0 Å². The second kappa shape index (κ2) is 8.16. The highest BCUT2D eigenvalue weighted by Gasteiger charge is 2.09. The molecular weight excluding hydrogens is 380 g/mol. The van der Waals surface area contributed by atoms with Crippen molar-refractivity contribution in [2.45, 2.75) is 26.3 Å². The van der Waals surface area contributed by atoms with E-state index in [2.05, 4.69) is 55.3 Å². The van der Waals surface area contributed by atoms with E-state index in [9.17, 15) is 4.79 Å². The molecule has 0 fully saturated rings. The van der Waals surface area contributed by atoms with Crippen LogP contribution in [0.2, 0.25) is 0 Å². The Bertz CT molecular complexity index is 875. The molecule has 130 valence electrons. The van der Waals surface area contributed by atoms with E-state index < -0.39 is 0 Å². The summed E-state index contributed by atoms with van der Waals surface area (Å²) in [6.45, 7) is 3.67. The maximum Gasteiger partial charge on any atom is 0.319 e. The Morgan fingerprint density at radius 3 is 2.96 bits per heavy atom. The molecule has 0 saturated heterocycles. The van der Waals surface area contributed by atoms with Gasteiger partial charge in [0.15, 0.2) is 0 Å². The molecule has 0 saturated carbocycles. The van der Waals surface area contributed by atoms with E-state index in [1.54, 1.807) is 0 Å². The molecule has 0 unspecified atom stereocenters. The van der Waals surface area contributed by atoms with Crippen molar-refractivity contribution in [1.82, 2.24) is 14.9 Å². The fourth-order valence-electron chi connectivity index (χ4n) is 2.86. The van der Waals surface area contributed by atoms with Gasteiger partial charge in [-0.05, 0) is 48.7 Å². The van der Waals surface area contributed by atoms with E-state index in [4.69, 9.17) is 0 Å². The first-order valence-corrected chi connectivity index (χ1v) is 9.20. The number of hydrogen-bond acceptors (Lipinski definition) is 2. The molecule has 0 atom stereocenters. The Labute approximate surface area is 155 Å². The fraction of sp³-hybridized carbons (Fsp3) is 0.263. The van der Waals surface area contributed by atoms with E-state index in [1.165, 1.54) is 5.56 Å². The van der Waals surface area contributed by atoms with Crippen molar-refractivity contribution in [2.24, 2.45) is 0 Å². The number of halogens is 1. The van der Waals surface area contributed by atoms with Crippen molar-refractivity contribution in [3.63, 3.8) is 0 Å². The molecular formula is C19H21BrN4O. The number of rotatable bonds is 6. The number of pyridine rings is 1. The van der Waals surface area contributed by atoms with Gasteiger partial charge in [0.2, 0.25) is 0 Å². The van der Waals surface area contributed by atoms with Crippen LogP contribution in [-0.4, -0.2) is 22.1 Å². The van der Waals surface area contributed by atoms with E-state index in [-0.39, 0.29) is 6.03 Å². The molecule has 2 amide bonds. The molecule has 0 radical (unpaired) electrons. The average Bonchev–Trinajstić information content (AvgIpc) is 2.94. The summed E-state index contributed by atoms with van der Waals surface area (Å²) in [5, 5.41) is 6.90. The Hall–Kier alpha value is -2.34. The van der Waals surface area contributed by atoms with Crippen molar-refractivity contribution in [3.8, 4) is 0 Å². The lowest BCUT2D eigenvalue weighted by atomic mass is 10.1. The second-order valence-corrected chi connectivity index (χ2v) is 6.78. The molecule has 0 aliphatic carbocycles. The third kappa shape index (κ3) is 4.39. The number of amides is 2. The van der Waals surface area contributed by atoms with Crippen LogP contribution in [0.5, 0.6) is 0 Å². The molecule has 2 N–H and O–H groups in total. The van der Waals surface area contributed by atoms with Crippen LogP contribution in [-0.2, 0) is 13.0 Å². The zero-order valence-corrected chi connectivity index (χ0v) is 15.7. The minimum absolute atomic E-state index is 0.200. The lowest BCUT2D eigenvalue weighted by Gasteiger charge is -2.07. The Balaban J connectivity index is 1.60. The van der Waals surface area contributed by atoms with Crippen LogP contribution >= 0.6 is 15.9 Å². The molecule has 0 spiro atoms. The average molecular weight is 401 g/mol. The first-order valence-electron chi connectivity index (χ1n) is 8.40. The molecule has 0 bridgehead atoms. The van der Waals surface area contributed by atoms with Crippen LogP contribution in [0.4, 0.5) is 10.5 Å². The molecule has 2 heterocycles. The van der Waals surface area contributed by atoms with Gasteiger partial charge < -0.3 is 15.2 Å². The van der Waals surface area contributed by atoms with Gasteiger partial charge in [0.05, 0.1) is 0 Å². The molecule has 2 aromatic heterocycles. The maximum atomic E-state index is 12.0. The highest BCUT2D eigenvalue weighted by molar-refractivity contribution is 9.10. The maximum absolute atomic E-state index is 12.0. The highest BCUT2D eigenvalue weighted by atomic mass is 79.9. The van der Waals surface area contributed by atoms with Crippen molar-refractivity contribution in [2.75, 3.05) is 11.9 Å². The number of anilines is 1. The van der Waals surface area contributed by atoms with Crippen molar-refractivity contribution in [1.29, 1.82) is 0 Å². The van der Waals surface area contributed by atoms with Gasteiger partial charge in [-0.2, -0.15) is 0 Å². The Kier molecular flexibility index (Phi) is 5.71. The number of aryl methyl sites for hydroxylation is 1. The lowest BCUT2D eigenvalue weighted by molar-refractivity contribution is 0.252. The summed E-state index contributed by atoms with van der Waals surface area (Å²) in [5.74, 6) is 0. The summed E-state index contributed by atoms with van der Waals surface area (Å²) < 4.78 is 3.12. The van der Waals surface area contributed by atoms with Gasteiger partial charge in [-0.25, -0.2) is 9.78 Å². The van der Waals surface area contributed by atoms with Crippen LogP contribution in [0.15, 0.2) is 53.3 Å². The number of nitrogens with zero attached hydrogens (tertiary/aromatic N) is 2. The third-order valence-electron chi connectivity index (χ3n) is 3.94. The largest absolute Gasteiger partial charge is 0.338 e. The minimum Gasteiger partial charge on any atom is -0.338 e. The van der Waals surface area contributed by atoms with Gasteiger partial charge in [-0.15, -0.1) is 0 Å². The SMILES string of the molecule is CCCn1cc(CCNC(=O)Nc2cccc(Br)c2)c2cccnc21. The second-order valence-electron chi connectivity index (χ2n) is 5.86. The molecule has 3 rings (SSSR count). The van der Waals surface area contributed by atoms with Gasteiger partial charge in [0.25, 0.3) is 0 Å². The van der Waals surface area contributed by atoms with Gasteiger partial charge >= 0.3 is 6.03 Å². The van der Waals surface area contributed by atoms with Gasteiger partial charge in [-0.1, -0.05) is 28.9 Å². The summed E-state index contributed by atoms with van der Waals surface area (Å²) in [6, 6.07) is 11.4. The fourth-order valence-corrected chi connectivity index (χ4v) is 3.26. The molecule has 1 aromatic carbocycles. The summed E-state index contributed by atoms with van der Waals surface area (Å²) >= 11 is 3.39. The number of fused-ring (bicyclic) bond motifs is 1. The summed E-state index contributed by atoms with van der Waals surface area (Å²) in [4.78, 5) is 16.5. The van der Waals surface area contributed by atoms with Crippen LogP contribution < -0.4 is 10.6 Å². The Morgan fingerprint density at radius 1 is 1.28 bits per heavy atom. The molecule has 5 nitrogen and oxygen atoms in total. The monoisotopic (exact) mass is 400 g/mol. The molecule has 0 aliphatic heterocycles. The zero-order valence-electron chi connectivity index (χ0n) is 14.1. The quantitative estimate of drug-likeness (QED) is 0.636. The lowest BCUT2D eigenvalue weighted by Crippen LogP contribution is -2.30. The van der Waals surface area contributed by atoms with E-state index in [0.717, 1.165) is 40.6 Å². The molecule has 0 aliphatic rings. The number of carbonyl (C=O) groups excluding carboxylic acids is 1. The van der Waals surface area contributed by atoms with Crippen LogP contribution in [0.25, 0.3) is 11.0 Å². The van der Waals surface area contributed by atoms with Crippen molar-refractivity contribution < 1.29 is 4.79 Å². The normalized spacial score (nSPS) is 10.8. The van der Waals surface area contributed by atoms with Crippen molar-refractivity contribution >= 4 is 38.7 Å². The number of nitrogens with one attached hydrogen (secondary N) is 2. The Morgan fingerprint density at radius 2 is 2.16 bits per heavy atom. The van der Waals surface area contributed by atoms with E-state index in [1.807, 2.05) is 36.5 Å². The van der Waals surface area contributed by atoms with E-state index in [0.29, 0.717) is 6.54 Å². The summed E-state index contributed by atoms with van der Waals surface area (Å²) in [6.07, 6.45) is 5.80. The van der Waals surface area contributed by atoms with Crippen LogP contribution in [0, 0.1) is 0 Å². The highest BCUT2D eigenvalue weighted by Crippen LogP contribution is 2.20. The van der Waals surface area contributed by atoms with Gasteiger partial charge in [-0.3, -0.25) is 0 Å². The summed E-state index contributed by atoms with van der Waals surface area (Å²) in [7, 11) is 0.